The van der Waals surface area contributed by atoms with E-state index in [9.17, 15) is 4.79 Å². The summed E-state index contributed by atoms with van der Waals surface area (Å²) in [4.78, 5) is 28.0. The zero-order valence-corrected chi connectivity index (χ0v) is 18.8. The minimum atomic E-state index is 0.0295. The molecular weight excluding hydrogens is 422 g/mol. The van der Waals surface area contributed by atoms with Crippen LogP contribution in [0.3, 0.4) is 0 Å². The molecule has 4 aromatic heterocycles. The van der Waals surface area contributed by atoms with Crippen molar-refractivity contribution in [2.45, 2.75) is 39.5 Å². The molecule has 0 aliphatic carbocycles. The molecule has 1 aliphatic heterocycles. The van der Waals surface area contributed by atoms with Gasteiger partial charge in [0.25, 0.3) is 5.78 Å². The van der Waals surface area contributed by atoms with Gasteiger partial charge in [-0.15, -0.1) is 15.3 Å². The third kappa shape index (κ3) is 4.15. The number of fused-ring (bicyclic) bond motifs is 2. The van der Waals surface area contributed by atoms with Crippen molar-refractivity contribution in [3.05, 3.63) is 35.7 Å². The Morgan fingerprint density at radius 3 is 3.06 bits per heavy atom. The topological polar surface area (TPSA) is 145 Å². The van der Waals surface area contributed by atoms with Crippen molar-refractivity contribution in [1.82, 2.24) is 44.5 Å². The summed E-state index contributed by atoms with van der Waals surface area (Å²) in [6.07, 6.45) is 8.37. The maximum absolute atomic E-state index is 12.6. The molecule has 1 unspecified atom stereocenters. The molecule has 33 heavy (non-hydrogen) atoms. The number of carbonyl (C=O) groups excluding carboxylic acids is 1. The molecule has 1 atom stereocenters. The number of piperidine rings is 1. The van der Waals surface area contributed by atoms with E-state index in [0.717, 1.165) is 54.3 Å². The lowest BCUT2D eigenvalue weighted by Gasteiger charge is -2.33. The monoisotopic (exact) mass is 449 g/mol. The fourth-order valence-electron chi connectivity index (χ4n) is 4.56. The normalized spacial score (nSPS) is 16.5. The van der Waals surface area contributed by atoms with Crippen LogP contribution in [-0.2, 0) is 11.2 Å². The second kappa shape index (κ2) is 8.60. The fraction of sp³-hybridized carbons (Fsp3) is 0.476. The lowest BCUT2D eigenvalue weighted by atomic mass is 9.98. The molecule has 3 N–H and O–H groups in total. The largest absolute Gasteiger partial charge is 0.366 e. The highest BCUT2D eigenvalue weighted by molar-refractivity contribution is 5.76. The Kier molecular flexibility index (Phi) is 5.48. The van der Waals surface area contributed by atoms with Gasteiger partial charge in [-0.3, -0.25) is 9.20 Å². The van der Waals surface area contributed by atoms with Crippen LogP contribution >= 0.6 is 0 Å². The average molecular weight is 450 g/mol. The minimum absolute atomic E-state index is 0.0295. The lowest BCUT2D eigenvalue weighted by molar-refractivity contribution is -0.121. The highest BCUT2D eigenvalue weighted by Crippen LogP contribution is 2.24. The minimum Gasteiger partial charge on any atom is -0.366 e. The van der Waals surface area contributed by atoms with Crippen LogP contribution in [0.2, 0.25) is 0 Å². The molecule has 1 fully saturated rings. The fourth-order valence-corrected chi connectivity index (χ4v) is 4.56. The molecular formula is C21H27N11O. The molecule has 0 spiro atoms. The maximum atomic E-state index is 12.6. The molecule has 1 amide bonds. The van der Waals surface area contributed by atoms with E-state index in [1.165, 1.54) is 0 Å². The molecule has 4 aromatic rings. The van der Waals surface area contributed by atoms with Gasteiger partial charge in [0, 0.05) is 49.8 Å². The van der Waals surface area contributed by atoms with Crippen LogP contribution in [0.15, 0.2) is 18.7 Å². The van der Waals surface area contributed by atoms with Gasteiger partial charge in [-0.25, -0.2) is 9.97 Å². The molecule has 172 valence electrons. The smallest absolute Gasteiger partial charge is 0.254 e. The van der Waals surface area contributed by atoms with Crippen LogP contribution < -0.4 is 16.0 Å². The van der Waals surface area contributed by atoms with E-state index in [-0.39, 0.29) is 11.9 Å². The molecule has 0 bridgehead atoms. The van der Waals surface area contributed by atoms with Gasteiger partial charge in [0.15, 0.2) is 5.82 Å². The van der Waals surface area contributed by atoms with Crippen LogP contribution in [0.25, 0.3) is 11.4 Å². The maximum Gasteiger partial charge on any atom is 0.254 e. The zero-order valence-electron chi connectivity index (χ0n) is 18.8. The highest BCUT2D eigenvalue weighted by atomic mass is 16.1. The number of hydrogen-bond acceptors (Lipinski definition) is 9. The number of hydrogen-bond donors (Lipinski definition) is 2. The number of rotatable bonds is 6. The Labute approximate surface area is 190 Å². The first-order chi connectivity index (χ1) is 16.0. The van der Waals surface area contributed by atoms with E-state index in [1.54, 1.807) is 17.0 Å². The standard InChI is InChI=1S/C21H27N11O/c1-13-16(14(2)32-21(26-13)27-20(22)29-32)5-6-17(33)24-10-15-4-3-8-30(11-15)18-19-28-25-12-31(19)9-7-23-18/h7,9,12,15H,3-6,8,10-11H2,1-2H3,(H2,22,29)(H,24,33). The zero-order chi connectivity index (χ0) is 22.9. The first-order valence-corrected chi connectivity index (χ1v) is 11.1. The van der Waals surface area contributed by atoms with E-state index in [1.807, 2.05) is 24.4 Å². The summed E-state index contributed by atoms with van der Waals surface area (Å²) in [7, 11) is 0. The quantitative estimate of drug-likeness (QED) is 0.435. The second-order valence-electron chi connectivity index (χ2n) is 8.51. The van der Waals surface area contributed by atoms with Gasteiger partial charge < -0.3 is 16.0 Å². The number of carbonyl (C=O) groups is 1. The van der Waals surface area contributed by atoms with E-state index < -0.39 is 0 Å². The number of aromatic nitrogens is 8. The van der Waals surface area contributed by atoms with E-state index in [2.05, 4.69) is 40.5 Å². The van der Waals surface area contributed by atoms with Crippen molar-refractivity contribution in [1.29, 1.82) is 0 Å². The van der Waals surface area contributed by atoms with Crippen LogP contribution in [0.5, 0.6) is 0 Å². The molecule has 0 radical (unpaired) electrons. The van der Waals surface area contributed by atoms with Gasteiger partial charge in [-0.2, -0.15) is 9.50 Å². The third-order valence-corrected chi connectivity index (χ3v) is 6.27. The summed E-state index contributed by atoms with van der Waals surface area (Å²) in [6, 6.07) is 0. The van der Waals surface area contributed by atoms with Gasteiger partial charge in [0.05, 0.1) is 0 Å². The number of nitrogens with two attached hydrogens (primary N) is 1. The van der Waals surface area contributed by atoms with Crippen molar-refractivity contribution in [2.24, 2.45) is 5.92 Å². The highest BCUT2D eigenvalue weighted by Gasteiger charge is 2.23. The Hall–Kier alpha value is -3.83. The van der Waals surface area contributed by atoms with Crippen molar-refractivity contribution in [2.75, 3.05) is 30.3 Å². The summed E-state index contributed by atoms with van der Waals surface area (Å²) in [5.41, 5.74) is 9.21. The number of anilines is 2. The van der Waals surface area contributed by atoms with Gasteiger partial charge in [0.1, 0.15) is 6.33 Å². The predicted molar refractivity (Wildman–Crippen MR) is 122 cm³/mol. The molecule has 0 aromatic carbocycles. The number of nitrogens with zero attached hydrogens (tertiary/aromatic N) is 9. The Bertz CT molecular complexity index is 1310. The summed E-state index contributed by atoms with van der Waals surface area (Å²) in [5.74, 6) is 1.90. The van der Waals surface area contributed by atoms with E-state index >= 15 is 0 Å². The van der Waals surface area contributed by atoms with Crippen molar-refractivity contribution in [3.63, 3.8) is 0 Å². The van der Waals surface area contributed by atoms with Gasteiger partial charge in [-0.05, 0) is 44.6 Å². The summed E-state index contributed by atoms with van der Waals surface area (Å²) >= 11 is 0. The van der Waals surface area contributed by atoms with Crippen molar-refractivity contribution < 1.29 is 4.79 Å². The van der Waals surface area contributed by atoms with Crippen LogP contribution in [0.1, 0.15) is 36.2 Å². The first kappa shape index (κ1) is 21.0. The second-order valence-corrected chi connectivity index (χ2v) is 8.51. The lowest BCUT2D eigenvalue weighted by Crippen LogP contribution is -2.41. The molecule has 1 saturated heterocycles. The van der Waals surface area contributed by atoms with Crippen molar-refractivity contribution >= 4 is 29.1 Å². The SMILES string of the molecule is Cc1nc2nc(N)nn2c(C)c1CCC(=O)NCC1CCCN(c2nccn3cnnc23)C1. The summed E-state index contributed by atoms with van der Waals surface area (Å²) in [6.45, 7) is 6.26. The van der Waals surface area contributed by atoms with Gasteiger partial charge in [0.2, 0.25) is 17.5 Å². The Morgan fingerprint density at radius 2 is 2.18 bits per heavy atom. The van der Waals surface area contributed by atoms with Crippen LogP contribution in [0.4, 0.5) is 11.8 Å². The molecule has 12 nitrogen and oxygen atoms in total. The first-order valence-electron chi connectivity index (χ1n) is 11.1. The third-order valence-electron chi connectivity index (χ3n) is 6.27. The molecule has 1 aliphatic rings. The molecule has 5 heterocycles. The summed E-state index contributed by atoms with van der Waals surface area (Å²) < 4.78 is 3.51. The van der Waals surface area contributed by atoms with Crippen LogP contribution in [-0.4, -0.2) is 64.7 Å². The Balaban J connectivity index is 1.18. The number of aryl methyl sites for hydroxylation is 2. The Morgan fingerprint density at radius 1 is 1.30 bits per heavy atom. The van der Waals surface area contributed by atoms with Gasteiger partial charge in [-0.1, -0.05) is 0 Å². The van der Waals surface area contributed by atoms with Crippen molar-refractivity contribution in [3.8, 4) is 0 Å². The molecule has 0 saturated carbocycles. The van der Waals surface area contributed by atoms with E-state index in [4.69, 9.17) is 5.73 Å². The van der Waals surface area contributed by atoms with E-state index in [0.29, 0.717) is 31.1 Å². The summed E-state index contributed by atoms with van der Waals surface area (Å²) in [5, 5.41) is 15.5. The number of nitrogen functional groups attached to an aromatic ring is 1. The molecule has 5 rings (SSSR count). The predicted octanol–water partition coefficient (Wildman–Crippen LogP) is 0.726. The van der Waals surface area contributed by atoms with Crippen LogP contribution in [0, 0.1) is 19.8 Å². The van der Waals surface area contributed by atoms with Gasteiger partial charge >= 0.3 is 0 Å². The number of nitrogens with one attached hydrogen (secondary N) is 1. The average Bonchev–Trinajstić information content (AvgIpc) is 3.43. The number of amides is 1. The molecule has 12 heteroatoms.